The number of carbonyl (C=O) groups excluding carboxylic acids is 1. The average molecular weight is 380 g/mol. The molecule has 0 radical (unpaired) electrons. The minimum Gasteiger partial charge on any atom is -0.356 e. The molecule has 1 saturated heterocycles. The Morgan fingerprint density at radius 2 is 2.04 bits per heavy atom. The molecule has 2 aromatic rings. The molecule has 0 spiro atoms. The Morgan fingerprint density at radius 1 is 1.28 bits per heavy atom. The van der Waals surface area contributed by atoms with Crippen molar-refractivity contribution < 1.29 is 13.2 Å². The van der Waals surface area contributed by atoms with Crippen molar-refractivity contribution in [1.29, 1.82) is 0 Å². The number of nitrogens with zero attached hydrogens (tertiary/aromatic N) is 2. The van der Waals surface area contributed by atoms with Crippen LogP contribution in [0.2, 0.25) is 0 Å². The van der Waals surface area contributed by atoms with Crippen LogP contribution in [0.3, 0.4) is 0 Å². The summed E-state index contributed by atoms with van der Waals surface area (Å²) in [6.45, 7) is 1.53. The Kier molecular flexibility index (Phi) is 5.36. The van der Waals surface area contributed by atoms with Crippen LogP contribution < -0.4 is 14.9 Å². The summed E-state index contributed by atoms with van der Waals surface area (Å²) in [5, 5.41) is 6.80. The van der Waals surface area contributed by atoms with E-state index in [0.717, 1.165) is 31.7 Å². The summed E-state index contributed by atoms with van der Waals surface area (Å²) in [7, 11) is -2.09. The van der Waals surface area contributed by atoms with Gasteiger partial charge < -0.3 is 10.2 Å². The molecule has 1 aliphatic heterocycles. The van der Waals surface area contributed by atoms with E-state index in [1.807, 2.05) is 16.8 Å². The molecule has 0 unspecified atom stereocenters. The van der Waals surface area contributed by atoms with Crippen LogP contribution in [0.4, 0.5) is 5.82 Å². The molecule has 1 aliphatic rings. The molecular weight excluding hydrogens is 360 g/mol. The number of hydrogen-bond donors (Lipinski definition) is 2. The smallest absolute Gasteiger partial charge is 0.252 e. The average Bonchev–Trinajstić information content (AvgIpc) is 3.17. The van der Waals surface area contributed by atoms with Gasteiger partial charge in [0.2, 0.25) is 10.0 Å². The number of nitrogens with one attached hydrogen (secondary N) is 2. The highest BCUT2D eigenvalue weighted by Gasteiger charge is 2.22. The molecule has 25 heavy (non-hydrogen) atoms. The highest BCUT2D eigenvalue weighted by molar-refractivity contribution is 7.89. The third-order valence-corrected chi connectivity index (χ3v) is 6.32. The number of piperidine rings is 1. The molecule has 0 atom stereocenters. The molecule has 9 heteroatoms. The number of aromatic nitrogens is 1. The van der Waals surface area contributed by atoms with Crippen molar-refractivity contribution in [2.75, 3.05) is 25.0 Å². The molecule has 1 fully saturated rings. The minimum atomic E-state index is -3.47. The molecule has 2 N–H and O–H groups in total. The van der Waals surface area contributed by atoms with Crippen LogP contribution in [0.15, 0.2) is 40.1 Å². The van der Waals surface area contributed by atoms with Crippen LogP contribution in [0.25, 0.3) is 0 Å². The van der Waals surface area contributed by atoms with Crippen LogP contribution in [-0.4, -0.2) is 45.5 Å². The lowest BCUT2D eigenvalue weighted by atomic mass is 10.0. The highest BCUT2D eigenvalue weighted by Crippen LogP contribution is 2.20. The van der Waals surface area contributed by atoms with E-state index in [9.17, 15) is 13.2 Å². The molecule has 2 aromatic heterocycles. The third kappa shape index (κ3) is 4.17. The summed E-state index contributed by atoms with van der Waals surface area (Å²) >= 11 is 1.51. The first-order chi connectivity index (χ1) is 12.0. The van der Waals surface area contributed by atoms with E-state index in [0.29, 0.717) is 5.56 Å². The SMILES string of the molecule is CNS(=O)(=O)c1ccc(N2CCC(NC(=O)c3ccsc3)CC2)nc1. The standard InChI is InChI=1S/C16H20N4O3S2/c1-17-25(22,23)14-2-3-15(18-10-14)20-7-4-13(5-8-20)19-16(21)12-6-9-24-11-12/h2-3,6,9-11,13,17H,4-5,7-8H2,1H3,(H,19,21). The summed E-state index contributed by atoms with van der Waals surface area (Å²) in [4.78, 5) is 18.6. The number of sulfonamides is 1. The van der Waals surface area contributed by atoms with Gasteiger partial charge in [0, 0.05) is 36.3 Å². The fraction of sp³-hybridized carbons (Fsp3) is 0.375. The minimum absolute atomic E-state index is 0.0283. The van der Waals surface area contributed by atoms with Crippen LogP contribution in [0, 0.1) is 0 Å². The summed E-state index contributed by atoms with van der Waals surface area (Å²) in [6, 6.07) is 5.24. The summed E-state index contributed by atoms with van der Waals surface area (Å²) < 4.78 is 25.7. The molecule has 3 rings (SSSR count). The number of carbonyl (C=O) groups is 1. The van der Waals surface area contributed by atoms with Gasteiger partial charge in [0.25, 0.3) is 5.91 Å². The Hall–Kier alpha value is -1.97. The van der Waals surface area contributed by atoms with Gasteiger partial charge in [-0.25, -0.2) is 18.1 Å². The molecule has 0 saturated carbocycles. The van der Waals surface area contributed by atoms with E-state index in [-0.39, 0.29) is 16.8 Å². The lowest BCUT2D eigenvalue weighted by Crippen LogP contribution is -2.44. The van der Waals surface area contributed by atoms with Gasteiger partial charge in [-0.15, -0.1) is 0 Å². The van der Waals surface area contributed by atoms with Crippen molar-refractivity contribution in [2.45, 2.75) is 23.8 Å². The summed E-state index contributed by atoms with van der Waals surface area (Å²) in [6.07, 6.45) is 3.02. The molecule has 7 nitrogen and oxygen atoms in total. The van der Waals surface area contributed by atoms with Crippen LogP contribution in [-0.2, 0) is 10.0 Å². The van der Waals surface area contributed by atoms with E-state index >= 15 is 0 Å². The summed E-state index contributed by atoms with van der Waals surface area (Å²) in [5.74, 6) is 0.720. The van der Waals surface area contributed by atoms with Crippen molar-refractivity contribution in [3.05, 3.63) is 40.7 Å². The van der Waals surface area contributed by atoms with Gasteiger partial charge >= 0.3 is 0 Å². The third-order valence-electron chi connectivity index (χ3n) is 4.24. The van der Waals surface area contributed by atoms with Crippen LogP contribution in [0.5, 0.6) is 0 Å². The van der Waals surface area contributed by atoms with Crippen molar-refractivity contribution in [2.24, 2.45) is 0 Å². The van der Waals surface area contributed by atoms with Gasteiger partial charge in [0.05, 0.1) is 0 Å². The molecule has 0 aromatic carbocycles. The zero-order chi connectivity index (χ0) is 17.9. The van der Waals surface area contributed by atoms with E-state index in [2.05, 4.69) is 19.9 Å². The number of hydrogen-bond acceptors (Lipinski definition) is 6. The maximum Gasteiger partial charge on any atom is 0.252 e. The zero-order valence-corrected chi connectivity index (χ0v) is 15.4. The van der Waals surface area contributed by atoms with Gasteiger partial charge in [0.1, 0.15) is 10.7 Å². The second kappa shape index (κ2) is 7.51. The molecule has 0 aliphatic carbocycles. The van der Waals surface area contributed by atoms with E-state index < -0.39 is 10.0 Å². The molecule has 0 bridgehead atoms. The van der Waals surface area contributed by atoms with Crippen LogP contribution >= 0.6 is 11.3 Å². The first kappa shape index (κ1) is 17.8. The van der Waals surface area contributed by atoms with Crippen molar-refractivity contribution >= 4 is 33.1 Å². The number of amides is 1. The lowest BCUT2D eigenvalue weighted by molar-refractivity contribution is 0.0931. The Labute approximate surface area is 151 Å². The van der Waals surface area contributed by atoms with E-state index in [1.165, 1.54) is 24.6 Å². The first-order valence-corrected chi connectivity index (χ1v) is 10.4. The van der Waals surface area contributed by atoms with Crippen molar-refractivity contribution in [3.63, 3.8) is 0 Å². The van der Waals surface area contributed by atoms with Gasteiger partial charge in [-0.1, -0.05) is 0 Å². The second-order valence-corrected chi connectivity index (χ2v) is 8.47. The van der Waals surface area contributed by atoms with E-state index in [4.69, 9.17) is 0 Å². The molecule has 3 heterocycles. The topological polar surface area (TPSA) is 91.4 Å². The van der Waals surface area contributed by atoms with Crippen molar-refractivity contribution in [1.82, 2.24) is 15.0 Å². The summed E-state index contributed by atoms with van der Waals surface area (Å²) in [5.41, 5.74) is 0.704. The number of thiophene rings is 1. The Morgan fingerprint density at radius 3 is 2.60 bits per heavy atom. The molecule has 1 amide bonds. The Balaban J connectivity index is 1.56. The number of pyridine rings is 1. The largest absolute Gasteiger partial charge is 0.356 e. The Bertz CT molecular complexity index is 812. The normalized spacial score (nSPS) is 16.0. The quantitative estimate of drug-likeness (QED) is 0.819. The van der Waals surface area contributed by atoms with Gasteiger partial charge in [-0.3, -0.25) is 4.79 Å². The second-order valence-electron chi connectivity index (χ2n) is 5.81. The predicted molar refractivity (Wildman–Crippen MR) is 97.5 cm³/mol. The monoisotopic (exact) mass is 380 g/mol. The zero-order valence-electron chi connectivity index (χ0n) is 13.8. The van der Waals surface area contributed by atoms with Gasteiger partial charge in [-0.2, -0.15) is 11.3 Å². The predicted octanol–water partition coefficient (Wildman–Crippen LogP) is 1.45. The maximum absolute atomic E-state index is 12.1. The van der Waals surface area contributed by atoms with Crippen LogP contribution in [0.1, 0.15) is 23.2 Å². The lowest BCUT2D eigenvalue weighted by Gasteiger charge is -2.33. The highest BCUT2D eigenvalue weighted by atomic mass is 32.2. The van der Waals surface area contributed by atoms with Gasteiger partial charge in [-0.05, 0) is 43.5 Å². The van der Waals surface area contributed by atoms with Gasteiger partial charge in [0.15, 0.2) is 0 Å². The number of rotatable bonds is 5. The molecule has 134 valence electrons. The molecular formula is C16H20N4O3S2. The fourth-order valence-electron chi connectivity index (χ4n) is 2.75. The first-order valence-electron chi connectivity index (χ1n) is 7.97. The maximum atomic E-state index is 12.1. The number of anilines is 1. The van der Waals surface area contributed by atoms with Crippen molar-refractivity contribution in [3.8, 4) is 0 Å². The fourth-order valence-corrected chi connectivity index (χ4v) is 4.06. The van der Waals surface area contributed by atoms with E-state index in [1.54, 1.807) is 12.1 Å².